The second kappa shape index (κ2) is 8.59. The van der Waals surface area contributed by atoms with Gasteiger partial charge in [-0.15, -0.1) is 0 Å². The van der Waals surface area contributed by atoms with Crippen LogP contribution in [0.15, 0.2) is 18.2 Å². The second-order valence-electron chi connectivity index (χ2n) is 8.27. The van der Waals surface area contributed by atoms with Gasteiger partial charge < -0.3 is 21.3 Å². The zero-order valence-corrected chi connectivity index (χ0v) is 17.6. The smallest absolute Gasteiger partial charge is 0.223 e. The number of hydrogen-bond acceptors (Lipinski definition) is 6. The lowest BCUT2D eigenvalue weighted by Crippen LogP contribution is -2.40. The molecule has 4 N–H and O–H groups in total. The van der Waals surface area contributed by atoms with Gasteiger partial charge in [-0.25, -0.2) is 8.42 Å². The van der Waals surface area contributed by atoms with Crippen molar-refractivity contribution in [3.8, 4) is 0 Å². The van der Waals surface area contributed by atoms with Crippen molar-refractivity contribution in [2.24, 2.45) is 5.92 Å². The zero-order chi connectivity index (χ0) is 20.3. The molecule has 0 spiro atoms. The maximum atomic E-state index is 12.2. The van der Waals surface area contributed by atoms with Crippen molar-refractivity contribution in [2.75, 3.05) is 40.5 Å². The summed E-state index contributed by atoms with van der Waals surface area (Å²) in [4.78, 5) is 14.3. The number of rotatable bonds is 5. The van der Waals surface area contributed by atoms with Gasteiger partial charge >= 0.3 is 0 Å². The van der Waals surface area contributed by atoms with Gasteiger partial charge in [0.25, 0.3) is 0 Å². The molecule has 2 aliphatic rings. The van der Waals surface area contributed by atoms with Crippen LogP contribution in [0.2, 0.25) is 0 Å². The third-order valence-corrected chi connectivity index (χ3v) is 7.24. The van der Waals surface area contributed by atoms with Crippen LogP contribution in [0.1, 0.15) is 39.5 Å². The van der Waals surface area contributed by atoms with E-state index in [1.807, 2.05) is 32.0 Å². The Labute approximate surface area is 168 Å². The van der Waals surface area contributed by atoms with Crippen molar-refractivity contribution < 1.29 is 13.2 Å². The Morgan fingerprint density at radius 1 is 1.14 bits per heavy atom. The van der Waals surface area contributed by atoms with Crippen LogP contribution in [0.3, 0.4) is 0 Å². The molecule has 3 rings (SSSR count). The maximum absolute atomic E-state index is 12.2. The van der Waals surface area contributed by atoms with E-state index in [1.54, 1.807) is 0 Å². The average molecular weight is 409 g/mol. The van der Waals surface area contributed by atoms with E-state index >= 15 is 0 Å². The number of benzene rings is 1. The van der Waals surface area contributed by atoms with Gasteiger partial charge in [0.1, 0.15) is 0 Å². The van der Waals surface area contributed by atoms with E-state index in [-0.39, 0.29) is 29.4 Å². The molecule has 156 valence electrons. The molecule has 1 aromatic carbocycles. The predicted molar refractivity (Wildman–Crippen MR) is 114 cm³/mol. The normalized spacial score (nSPS) is 24.8. The molecule has 0 atom stereocenters. The van der Waals surface area contributed by atoms with Gasteiger partial charge in [0, 0.05) is 36.8 Å². The van der Waals surface area contributed by atoms with Crippen molar-refractivity contribution >= 4 is 32.8 Å². The highest BCUT2D eigenvalue weighted by molar-refractivity contribution is 7.91. The molecule has 1 saturated carbocycles. The van der Waals surface area contributed by atoms with E-state index in [9.17, 15) is 13.2 Å². The molecule has 7 nitrogen and oxygen atoms in total. The molecule has 1 heterocycles. The number of nitrogens with one attached hydrogen (secondary N) is 2. The maximum Gasteiger partial charge on any atom is 0.223 e. The molecule has 1 saturated heterocycles. The van der Waals surface area contributed by atoms with E-state index in [0.717, 1.165) is 37.1 Å². The molecule has 1 aliphatic heterocycles. The Morgan fingerprint density at radius 3 is 2.39 bits per heavy atom. The lowest BCUT2D eigenvalue weighted by atomic mass is 9.85. The van der Waals surface area contributed by atoms with Gasteiger partial charge in [-0.3, -0.25) is 4.79 Å². The van der Waals surface area contributed by atoms with Gasteiger partial charge in [0.2, 0.25) is 5.91 Å². The van der Waals surface area contributed by atoms with Crippen molar-refractivity contribution in [3.05, 3.63) is 18.2 Å². The molecule has 1 amide bonds. The first kappa shape index (κ1) is 20.8. The van der Waals surface area contributed by atoms with Crippen LogP contribution in [0, 0.1) is 5.92 Å². The van der Waals surface area contributed by atoms with E-state index < -0.39 is 9.84 Å². The number of nitrogens with two attached hydrogens (primary N) is 1. The van der Waals surface area contributed by atoms with Crippen LogP contribution in [0.25, 0.3) is 0 Å². The first-order valence-electron chi connectivity index (χ1n) is 10.2. The van der Waals surface area contributed by atoms with Gasteiger partial charge in [-0.2, -0.15) is 0 Å². The second-order valence-corrected chi connectivity index (χ2v) is 10.6. The third-order valence-electron chi connectivity index (χ3n) is 5.63. The number of amides is 1. The molecule has 0 unspecified atom stereocenters. The summed E-state index contributed by atoms with van der Waals surface area (Å²) < 4.78 is 23.3. The van der Waals surface area contributed by atoms with Crippen LogP contribution in [-0.4, -0.2) is 51.0 Å². The fourth-order valence-corrected chi connectivity index (χ4v) is 5.16. The first-order valence-corrected chi connectivity index (χ1v) is 12.0. The molecule has 0 bridgehead atoms. The number of carbonyl (C=O) groups is 1. The van der Waals surface area contributed by atoms with E-state index in [2.05, 4.69) is 15.5 Å². The van der Waals surface area contributed by atoms with E-state index in [1.165, 1.54) is 0 Å². The van der Waals surface area contributed by atoms with Gasteiger partial charge in [-0.1, -0.05) is 0 Å². The molecule has 28 heavy (non-hydrogen) atoms. The minimum atomic E-state index is -2.90. The molecular formula is C20H32N4O3S. The van der Waals surface area contributed by atoms with Crippen molar-refractivity contribution in [1.82, 2.24) is 5.32 Å². The number of nitrogens with zero attached hydrogens (tertiary/aromatic N) is 1. The SMILES string of the molecule is CC(C)NC(=O)[C@H]1CC[C@@H](Nc2cc(N3CCS(=O)(=O)CC3)ccc2N)CC1. The topological polar surface area (TPSA) is 105 Å². The Kier molecular flexibility index (Phi) is 6.37. The molecule has 1 aromatic rings. The Hall–Kier alpha value is -1.96. The quantitative estimate of drug-likeness (QED) is 0.644. The largest absolute Gasteiger partial charge is 0.397 e. The highest BCUT2D eigenvalue weighted by Crippen LogP contribution is 2.31. The summed E-state index contributed by atoms with van der Waals surface area (Å²) in [7, 11) is -2.90. The third kappa shape index (κ3) is 5.31. The predicted octanol–water partition coefficient (Wildman–Crippen LogP) is 2.00. The molecule has 1 aliphatic carbocycles. The highest BCUT2D eigenvalue weighted by atomic mass is 32.2. The summed E-state index contributed by atoms with van der Waals surface area (Å²) in [5.41, 5.74) is 8.74. The van der Waals surface area contributed by atoms with Gasteiger partial charge in [0.15, 0.2) is 9.84 Å². The summed E-state index contributed by atoms with van der Waals surface area (Å²) in [5, 5.41) is 6.55. The minimum absolute atomic E-state index is 0.0967. The van der Waals surface area contributed by atoms with Crippen molar-refractivity contribution in [1.29, 1.82) is 0 Å². The van der Waals surface area contributed by atoms with Crippen LogP contribution in [-0.2, 0) is 14.6 Å². The van der Waals surface area contributed by atoms with Crippen LogP contribution >= 0.6 is 0 Å². The number of anilines is 3. The summed E-state index contributed by atoms with van der Waals surface area (Å²) >= 11 is 0. The molecule has 0 radical (unpaired) electrons. The van der Waals surface area contributed by atoms with Gasteiger partial charge in [-0.05, 0) is 57.7 Å². The lowest BCUT2D eigenvalue weighted by molar-refractivity contribution is -0.126. The zero-order valence-electron chi connectivity index (χ0n) is 16.8. The molecule has 8 heteroatoms. The highest BCUT2D eigenvalue weighted by Gasteiger charge is 2.27. The summed E-state index contributed by atoms with van der Waals surface area (Å²) in [5.74, 6) is 0.653. The number of sulfone groups is 1. The first-order chi connectivity index (χ1) is 13.2. The van der Waals surface area contributed by atoms with E-state index in [4.69, 9.17) is 5.73 Å². The van der Waals surface area contributed by atoms with Gasteiger partial charge in [0.05, 0.1) is 22.9 Å². The summed E-state index contributed by atoms with van der Waals surface area (Å²) in [6, 6.07) is 6.32. The van der Waals surface area contributed by atoms with Crippen LogP contribution in [0.5, 0.6) is 0 Å². The Balaban J connectivity index is 1.58. The van der Waals surface area contributed by atoms with Crippen LogP contribution in [0.4, 0.5) is 17.1 Å². The molecule has 0 aromatic heterocycles. The summed E-state index contributed by atoms with van der Waals surface area (Å²) in [6.07, 6.45) is 3.61. The lowest BCUT2D eigenvalue weighted by Gasteiger charge is -2.31. The minimum Gasteiger partial charge on any atom is -0.397 e. The number of hydrogen-bond donors (Lipinski definition) is 3. The van der Waals surface area contributed by atoms with Crippen molar-refractivity contribution in [3.63, 3.8) is 0 Å². The average Bonchev–Trinajstić information content (AvgIpc) is 2.64. The number of carbonyl (C=O) groups excluding carboxylic acids is 1. The van der Waals surface area contributed by atoms with E-state index in [0.29, 0.717) is 24.8 Å². The molecular weight excluding hydrogens is 376 g/mol. The fourth-order valence-electron chi connectivity index (χ4n) is 3.96. The van der Waals surface area contributed by atoms with Crippen LogP contribution < -0.4 is 21.3 Å². The Morgan fingerprint density at radius 2 is 1.79 bits per heavy atom. The monoisotopic (exact) mass is 408 g/mol. The van der Waals surface area contributed by atoms with Crippen molar-refractivity contribution in [2.45, 2.75) is 51.6 Å². The Bertz CT molecular complexity index is 788. The fraction of sp³-hybridized carbons (Fsp3) is 0.650. The summed E-state index contributed by atoms with van der Waals surface area (Å²) in [6.45, 7) is 5.00. The standard InChI is InChI=1S/C20H32N4O3S/c1-14(2)22-20(25)15-3-5-16(6-4-15)23-19-13-17(7-8-18(19)21)24-9-11-28(26,27)12-10-24/h7-8,13-16,23H,3-6,9-12,21H2,1-2H3,(H,22,25)/t15-,16+. The number of nitrogen functional groups attached to an aromatic ring is 1. The molecule has 2 fully saturated rings.